The highest BCUT2D eigenvalue weighted by atomic mass is 28.3. The molecule has 0 bridgehead atoms. The molecule has 0 aromatic rings. The summed E-state index contributed by atoms with van der Waals surface area (Å²) in [7, 11) is -5.32. The van der Waals surface area contributed by atoms with Gasteiger partial charge in [-0.15, -0.1) is 0 Å². The molecule has 0 atom stereocenters. The maximum Gasteiger partial charge on any atom is 0.327 e. The molecule has 0 rings (SSSR count). The van der Waals surface area contributed by atoms with E-state index < -0.39 is 28.1 Å². The number of carboxylic acids is 2. The first-order valence-electron chi connectivity index (χ1n) is 10.8. The summed E-state index contributed by atoms with van der Waals surface area (Å²) in [6, 6.07) is 0. The van der Waals surface area contributed by atoms with E-state index in [4.69, 9.17) is 0 Å². The first kappa shape index (κ1) is 27.1. The van der Waals surface area contributed by atoms with Gasteiger partial charge >= 0.3 is 11.9 Å². The van der Waals surface area contributed by atoms with Gasteiger partial charge in [0.15, 0.2) is 0 Å². The van der Waals surface area contributed by atoms with Gasteiger partial charge in [-0.05, 0) is 33.2 Å². The van der Waals surface area contributed by atoms with Crippen LogP contribution in [0.4, 0.5) is 0 Å². The highest BCUT2D eigenvalue weighted by Gasteiger charge is 2.57. The average Bonchev–Trinajstić information content (AvgIpc) is 2.47. The fourth-order valence-corrected chi connectivity index (χ4v) is 21.3. The van der Waals surface area contributed by atoms with Crippen LogP contribution in [0.1, 0.15) is 83.1 Å². The molecule has 0 saturated carbocycles. The third kappa shape index (κ3) is 4.18. The van der Waals surface area contributed by atoms with Crippen molar-refractivity contribution in [2.75, 3.05) is 0 Å². The van der Waals surface area contributed by atoms with Gasteiger partial charge in [-0.1, -0.05) is 83.1 Å². The normalized spacial score (nSPS) is 14.6. The van der Waals surface area contributed by atoms with Gasteiger partial charge in [-0.3, -0.25) is 0 Å². The predicted octanol–water partition coefficient (Wildman–Crippen LogP) is 6.89. The van der Waals surface area contributed by atoms with E-state index in [0.717, 1.165) is 0 Å². The van der Waals surface area contributed by atoms with Gasteiger partial charge in [0.05, 0.1) is 0 Å². The summed E-state index contributed by atoms with van der Waals surface area (Å²) in [6.45, 7) is 25.1. The first-order valence-corrected chi connectivity index (χ1v) is 15.2. The number of carboxylic acid groups (broad SMARTS) is 2. The van der Waals surface area contributed by atoms with E-state index in [1.54, 1.807) is 0 Å². The molecule has 0 aromatic carbocycles. The van der Waals surface area contributed by atoms with Gasteiger partial charge in [0.25, 0.3) is 0 Å². The van der Waals surface area contributed by atoms with Gasteiger partial charge in [0.1, 0.15) is 16.1 Å². The summed E-state index contributed by atoms with van der Waals surface area (Å²) in [5, 5.41) is 21.7. The Morgan fingerprint density at radius 2 is 0.607 bits per heavy atom. The standard InChI is InChI=1S/C22H44O4Si2/c1-13(2)27(14(3)4,15(5)6)19(21(23)24)20(22(25)26)28(16(7)8,17(9)10)18(11)12/h13-18H,1-12H3,(H,23,24)(H,25,26)/b20-19-. The molecule has 0 unspecified atom stereocenters. The molecule has 0 heterocycles. The van der Waals surface area contributed by atoms with Gasteiger partial charge in [-0.25, -0.2) is 9.59 Å². The van der Waals surface area contributed by atoms with E-state index in [0.29, 0.717) is 10.4 Å². The molecule has 0 fully saturated rings. The van der Waals surface area contributed by atoms with Crippen LogP contribution in [0.5, 0.6) is 0 Å². The summed E-state index contributed by atoms with van der Waals surface area (Å²) in [5.41, 5.74) is 0.867. The Labute approximate surface area is 174 Å². The fraction of sp³-hybridized carbons (Fsp3) is 0.818. The van der Waals surface area contributed by atoms with Gasteiger partial charge in [0.2, 0.25) is 0 Å². The molecular formula is C22H44O4Si2. The van der Waals surface area contributed by atoms with Crippen molar-refractivity contribution in [3.8, 4) is 0 Å². The molecule has 0 spiro atoms. The largest absolute Gasteiger partial charge is 0.478 e. The summed E-state index contributed by atoms with van der Waals surface area (Å²) < 4.78 is 0. The average molecular weight is 429 g/mol. The monoisotopic (exact) mass is 428 g/mol. The van der Waals surface area contributed by atoms with Gasteiger partial charge in [-0.2, -0.15) is 0 Å². The second-order valence-electron chi connectivity index (χ2n) is 10.2. The second kappa shape index (κ2) is 9.74. The van der Waals surface area contributed by atoms with E-state index in [9.17, 15) is 19.8 Å². The third-order valence-corrected chi connectivity index (χ3v) is 21.6. The third-order valence-electron chi connectivity index (χ3n) is 7.28. The minimum absolute atomic E-state index is 0.145. The van der Waals surface area contributed by atoms with E-state index in [-0.39, 0.29) is 33.2 Å². The van der Waals surface area contributed by atoms with Crippen molar-refractivity contribution in [1.82, 2.24) is 0 Å². The van der Waals surface area contributed by atoms with Gasteiger partial charge < -0.3 is 10.2 Å². The highest BCUT2D eigenvalue weighted by Crippen LogP contribution is 2.53. The Bertz CT molecular complexity index is 506. The van der Waals surface area contributed by atoms with Crippen molar-refractivity contribution < 1.29 is 19.8 Å². The summed E-state index contributed by atoms with van der Waals surface area (Å²) in [5.74, 6) is -2.00. The molecular weight excluding hydrogens is 384 g/mol. The van der Waals surface area contributed by atoms with Crippen LogP contribution >= 0.6 is 0 Å². The zero-order chi connectivity index (χ0) is 22.8. The SMILES string of the molecule is CC(C)[Si](/C(C(=O)O)=C(/C(=O)O)[Si](C(C)C)(C(C)C)C(C)C)(C(C)C)C(C)C. The first-order chi connectivity index (χ1) is 12.5. The molecule has 0 radical (unpaired) electrons. The van der Waals surface area contributed by atoms with Crippen molar-refractivity contribution in [2.45, 2.75) is 116 Å². The molecule has 0 aliphatic rings. The minimum atomic E-state index is -2.66. The van der Waals surface area contributed by atoms with Crippen molar-refractivity contribution >= 4 is 28.1 Å². The molecule has 0 aliphatic carbocycles. The number of aliphatic carboxylic acids is 2. The van der Waals surface area contributed by atoms with Crippen LogP contribution in [0, 0.1) is 0 Å². The van der Waals surface area contributed by atoms with Crippen LogP contribution in [-0.2, 0) is 9.59 Å². The van der Waals surface area contributed by atoms with Crippen molar-refractivity contribution in [3.05, 3.63) is 10.4 Å². The Kier molecular flexibility index (Phi) is 9.44. The number of hydrogen-bond acceptors (Lipinski definition) is 2. The molecule has 0 saturated heterocycles. The molecule has 2 N–H and O–H groups in total. The molecule has 0 amide bonds. The van der Waals surface area contributed by atoms with Crippen molar-refractivity contribution in [2.24, 2.45) is 0 Å². The number of hydrogen-bond donors (Lipinski definition) is 2. The molecule has 28 heavy (non-hydrogen) atoms. The van der Waals surface area contributed by atoms with Crippen molar-refractivity contribution in [1.29, 1.82) is 0 Å². The summed E-state index contributed by atoms with van der Waals surface area (Å²) in [6.07, 6.45) is 0. The summed E-state index contributed by atoms with van der Waals surface area (Å²) in [4.78, 5) is 25.7. The van der Waals surface area contributed by atoms with Crippen LogP contribution in [0.15, 0.2) is 10.4 Å². The maximum atomic E-state index is 12.9. The zero-order valence-electron chi connectivity index (χ0n) is 20.2. The topological polar surface area (TPSA) is 74.6 Å². The van der Waals surface area contributed by atoms with Crippen LogP contribution < -0.4 is 0 Å². The number of carbonyl (C=O) groups is 2. The fourth-order valence-electron chi connectivity index (χ4n) is 6.75. The van der Waals surface area contributed by atoms with Crippen LogP contribution in [0.25, 0.3) is 0 Å². The molecule has 0 aromatic heterocycles. The predicted molar refractivity (Wildman–Crippen MR) is 124 cm³/mol. The molecule has 6 heteroatoms. The Morgan fingerprint density at radius 1 is 0.464 bits per heavy atom. The quantitative estimate of drug-likeness (QED) is 0.293. The highest BCUT2D eigenvalue weighted by molar-refractivity contribution is 7.00. The number of rotatable bonds is 10. The lowest BCUT2D eigenvalue weighted by atomic mass is 10.4. The van der Waals surface area contributed by atoms with E-state index in [2.05, 4.69) is 83.1 Å². The van der Waals surface area contributed by atoms with Crippen LogP contribution in [0.3, 0.4) is 0 Å². The Balaban J connectivity index is 7.92. The smallest absolute Gasteiger partial charge is 0.327 e. The van der Waals surface area contributed by atoms with Crippen LogP contribution in [0.2, 0.25) is 33.2 Å². The minimum Gasteiger partial charge on any atom is -0.478 e. The van der Waals surface area contributed by atoms with E-state index in [1.807, 2.05) is 0 Å². The Morgan fingerprint density at radius 3 is 0.679 bits per heavy atom. The second-order valence-corrected chi connectivity index (χ2v) is 21.8. The Hall–Kier alpha value is -0.886. The maximum absolute atomic E-state index is 12.9. The lowest BCUT2D eigenvalue weighted by Crippen LogP contribution is -2.56. The summed E-state index contributed by atoms with van der Waals surface area (Å²) >= 11 is 0. The zero-order valence-corrected chi connectivity index (χ0v) is 22.2. The molecule has 0 aliphatic heterocycles. The molecule has 164 valence electrons. The van der Waals surface area contributed by atoms with E-state index in [1.165, 1.54) is 0 Å². The van der Waals surface area contributed by atoms with Crippen LogP contribution in [-0.4, -0.2) is 38.3 Å². The molecule has 4 nitrogen and oxygen atoms in total. The van der Waals surface area contributed by atoms with Gasteiger partial charge in [0, 0.05) is 10.4 Å². The lowest BCUT2D eigenvalue weighted by Gasteiger charge is -2.49. The van der Waals surface area contributed by atoms with E-state index >= 15 is 0 Å². The lowest BCUT2D eigenvalue weighted by molar-refractivity contribution is -0.135. The van der Waals surface area contributed by atoms with Crippen molar-refractivity contribution in [3.63, 3.8) is 0 Å².